The summed E-state index contributed by atoms with van der Waals surface area (Å²) >= 11 is 0. The predicted molar refractivity (Wildman–Crippen MR) is 89.4 cm³/mol. The molecule has 118 valence electrons. The van der Waals surface area contributed by atoms with Gasteiger partial charge in [-0.05, 0) is 45.1 Å². The molecular formula is C16H22N4O2. The normalized spacial score (nSPS) is 12.6. The number of likely N-dealkylation sites (N-methyl/N-ethyl adjacent to an activating group) is 1. The minimum Gasteiger partial charge on any atom is -0.368 e. The van der Waals surface area contributed by atoms with Gasteiger partial charge in [-0.1, -0.05) is 6.92 Å². The molecule has 6 heteroatoms. The number of nitrogens with zero attached hydrogens (tertiary/aromatic N) is 3. The third-order valence-electron chi connectivity index (χ3n) is 3.93. The zero-order valence-corrected chi connectivity index (χ0v) is 13.5. The summed E-state index contributed by atoms with van der Waals surface area (Å²) in [5, 5.41) is 15.0. The van der Waals surface area contributed by atoms with Crippen LogP contribution in [0.2, 0.25) is 0 Å². The van der Waals surface area contributed by atoms with Gasteiger partial charge in [-0.2, -0.15) is 0 Å². The lowest BCUT2D eigenvalue weighted by atomic mass is 10.1. The van der Waals surface area contributed by atoms with E-state index in [0.29, 0.717) is 6.04 Å². The van der Waals surface area contributed by atoms with Crippen molar-refractivity contribution in [2.75, 3.05) is 26.0 Å². The van der Waals surface area contributed by atoms with Crippen molar-refractivity contribution in [3.05, 3.63) is 39.9 Å². The number of hydrogen-bond donors (Lipinski definition) is 1. The van der Waals surface area contributed by atoms with Crippen LogP contribution in [0.4, 0.5) is 11.5 Å². The summed E-state index contributed by atoms with van der Waals surface area (Å²) in [7, 11) is 4.13. The number of aryl methyl sites for hydroxylation is 1. The largest absolute Gasteiger partial charge is 0.368 e. The third kappa shape index (κ3) is 3.51. The minimum absolute atomic E-state index is 0.0942. The van der Waals surface area contributed by atoms with Crippen molar-refractivity contribution in [2.45, 2.75) is 26.3 Å². The molecule has 1 N–H and O–H groups in total. The Morgan fingerprint density at radius 3 is 2.68 bits per heavy atom. The number of aromatic nitrogens is 1. The van der Waals surface area contributed by atoms with Crippen LogP contribution in [0.5, 0.6) is 0 Å². The van der Waals surface area contributed by atoms with Crippen LogP contribution in [0.3, 0.4) is 0 Å². The smallest absolute Gasteiger partial charge is 0.270 e. The molecule has 2 aromatic rings. The molecule has 1 aromatic carbocycles. The second kappa shape index (κ2) is 6.70. The molecule has 0 aliphatic carbocycles. The van der Waals surface area contributed by atoms with Gasteiger partial charge in [0.15, 0.2) is 0 Å². The van der Waals surface area contributed by atoms with Gasteiger partial charge in [0, 0.05) is 30.1 Å². The Kier molecular flexibility index (Phi) is 4.92. The minimum atomic E-state index is -0.381. The summed E-state index contributed by atoms with van der Waals surface area (Å²) in [5.41, 5.74) is 1.84. The van der Waals surface area contributed by atoms with Crippen LogP contribution in [-0.4, -0.2) is 41.5 Å². The van der Waals surface area contributed by atoms with Crippen molar-refractivity contribution >= 4 is 22.4 Å². The molecule has 1 aromatic heterocycles. The second-order valence-corrected chi connectivity index (χ2v) is 5.69. The Morgan fingerprint density at radius 1 is 1.36 bits per heavy atom. The first-order valence-electron chi connectivity index (χ1n) is 7.38. The molecule has 1 atom stereocenters. The maximum absolute atomic E-state index is 10.9. The van der Waals surface area contributed by atoms with Gasteiger partial charge in [-0.25, -0.2) is 4.98 Å². The van der Waals surface area contributed by atoms with E-state index in [2.05, 4.69) is 36.2 Å². The van der Waals surface area contributed by atoms with E-state index in [1.54, 1.807) is 12.1 Å². The highest BCUT2D eigenvalue weighted by Gasteiger charge is 2.11. The highest BCUT2D eigenvalue weighted by atomic mass is 16.6. The summed E-state index contributed by atoms with van der Waals surface area (Å²) in [6.45, 7) is 4.92. The Bertz CT molecular complexity index is 685. The van der Waals surface area contributed by atoms with Crippen molar-refractivity contribution in [2.24, 2.45) is 0 Å². The van der Waals surface area contributed by atoms with Gasteiger partial charge >= 0.3 is 0 Å². The van der Waals surface area contributed by atoms with E-state index in [-0.39, 0.29) is 10.6 Å². The molecule has 0 spiro atoms. The van der Waals surface area contributed by atoms with Crippen molar-refractivity contribution in [1.82, 2.24) is 9.88 Å². The van der Waals surface area contributed by atoms with Crippen molar-refractivity contribution < 1.29 is 4.92 Å². The number of nitro benzene ring substituents is 1. The zero-order valence-electron chi connectivity index (χ0n) is 13.5. The molecule has 0 aliphatic rings. The summed E-state index contributed by atoms with van der Waals surface area (Å²) in [5.74, 6) is 0.805. The Morgan fingerprint density at radius 2 is 2.09 bits per heavy atom. The summed E-state index contributed by atoms with van der Waals surface area (Å²) in [6.07, 6.45) is 1.05. The van der Waals surface area contributed by atoms with E-state index in [9.17, 15) is 10.1 Å². The fraction of sp³-hybridized carbons (Fsp3) is 0.438. The number of pyridine rings is 1. The average molecular weight is 302 g/mol. The van der Waals surface area contributed by atoms with Gasteiger partial charge in [0.1, 0.15) is 5.82 Å². The first-order chi connectivity index (χ1) is 10.4. The number of anilines is 1. The van der Waals surface area contributed by atoms with Crippen molar-refractivity contribution in [3.8, 4) is 0 Å². The summed E-state index contributed by atoms with van der Waals surface area (Å²) < 4.78 is 0. The number of fused-ring (bicyclic) bond motifs is 1. The molecule has 0 aliphatic heterocycles. The topological polar surface area (TPSA) is 71.3 Å². The second-order valence-electron chi connectivity index (χ2n) is 5.69. The molecular weight excluding hydrogens is 280 g/mol. The molecule has 1 unspecified atom stereocenters. The Labute approximate surface area is 130 Å². The SMILES string of the molecule is CCC(CNc1cc(C)c2cc([N+](=O)[O-])ccc2n1)N(C)C. The molecule has 2 rings (SSSR count). The van der Waals surface area contributed by atoms with Crippen molar-refractivity contribution in [3.63, 3.8) is 0 Å². The van der Waals surface area contributed by atoms with E-state index < -0.39 is 0 Å². The Hall–Kier alpha value is -2.21. The highest BCUT2D eigenvalue weighted by molar-refractivity contribution is 5.85. The molecule has 0 amide bonds. The first-order valence-corrected chi connectivity index (χ1v) is 7.38. The quantitative estimate of drug-likeness (QED) is 0.655. The third-order valence-corrected chi connectivity index (χ3v) is 3.93. The molecule has 6 nitrogen and oxygen atoms in total. The van der Waals surface area contributed by atoms with Crippen LogP contribution in [0.1, 0.15) is 18.9 Å². The van der Waals surface area contributed by atoms with Crippen LogP contribution in [-0.2, 0) is 0 Å². The lowest BCUT2D eigenvalue weighted by molar-refractivity contribution is -0.384. The first kappa shape index (κ1) is 16.2. The van der Waals surface area contributed by atoms with Crippen LogP contribution < -0.4 is 5.32 Å². The highest BCUT2D eigenvalue weighted by Crippen LogP contribution is 2.24. The maximum atomic E-state index is 10.9. The summed E-state index contributed by atoms with van der Waals surface area (Å²) in [4.78, 5) is 17.2. The van der Waals surface area contributed by atoms with E-state index in [4.69, 9.17) is 0 Å². The van der Waals surface area contributed by atoms with Gasteiger partial charge in [-0.15, -0.1) is 0 Å². The fourth-order valence-corrected chi connectivity index (χ4v) is 2.50. The zero-order chi connectivity index (χ0) is 16.3. The van der Waals surface area contributed by atoms with E-state index in [1.807, 2.05) is 13.0 Å². The number of benzene rings is 1. The van der Waals surface area contributed by atoms with Crippen LogP contribution in [0, 0.1) is 17.0 Å². The Balaban J connectivity index is 2.26. The van der Waals surface area contributed by atoms with Gasteiger partial charge in [0.25, 0.3) is 5.69 Å². The van der Waals surface area contributed by atoms with Crippen LogP contribution in [0.25, 0.3) is 10.9 Å². The molecule has 22 heavy (non-hydrogen) atoms. The monoisotopic (exact) mass is 302 g/mol. The lowest BCUT2D eigenvalue weighted by Gasteiger charge is -2.23. The standard InChI is InChI=1S/C16H22N4O2/c1-5-12(19(3)4)10-17-16-8-11(2)14-9-13(20(21)22)6-7-15(14)18-16/h6-9,12H,5,10H2,1-4H3,(H,17,18). The number of nitrogens with one attached hydrogen (secondary N) is 1. The molecule has 0 bridgehead atoms. The number of nitro groups is 1. The van der Waals surface area contributed by atoms with Crippen molar-refractivity contribution in [1.29, 1.82) is 0 Å². The summed E-state index contributed by atoms with van der Waals surface area (Å²) in [6, 6.07) is 7.15. The van der Waals surface area contributed by atoms with E-state index in [0.717, 1.165) is 35.2 Å². The molecule has 0 saturated carbocycles. The van der Waals surface area contributed by atoms with E-state index >= 15 is 0 Å². The molecule has 0 fully saturated rings. The van der Waals surface area contributed by atoms with Gasteiger partial charge < -0.3 is 10.2 Å². The van der Waals surface area contributed by atoms with Crippen LogP contribution in [0.15, 0.2) is 24.3 Å². The number of hydrogen-bond acceptors (Lipinski definition) is 5. The van der Waals surface area contributed by atoms with Gasteiger partial charge in [0.2, 0.25) is 0 Å². The molecule has 0 radical (unpaired) electrons. The average Bonchev–Trinajstić information content (AvgIpc) is 2.47. The van der Waals surface area contributed by atoms with Crippen LogP contribution >= 0.6 is 0 Å². The molecule has 1 heterocycles. The fourth-order valence-electron chi connectivity index (χ4n) is 2.50. The van der Waals surface area contributed by atoms with Gasteiger partial charge in [-0.3, -0.25) is 10.1 Å². The number of rotatable bonds is 6. The maximum Gasteiger partial charge on any atom is 0.270 e. The molecule has 0 saturated heterocycles. The predicted octanol–water partition coefficient (Wildman–Crippen LogP) is 3.20. The number of non-ortho nitro benzene ring substituents is 1. The van der Waals surface area contributed by atoms with Gasteiger partial charge in [0.05, 0.1) is 10.4 Å². The van der Waals surface area contributed by atoms with E-state index in [1.165, 1.54) is 6.07 Å². The lowest BCUT2D eigenvalue weighted by Crippen LogP contribution is -2.34.